The molecule has 0 aromatic carbocycles. The fraction of sp³-hybridized carbons (Fsp3) is 0.692. The van der Waals surface area contributed by atoms with Crippen molar-refractivity contribution in [2.75, 3.05) is 0 Å². The summed E-state index contributed by atoms with van der Waals surface area (Å²) in [5, 5.41) is 9.27. The summed E-state index contributed by atoms with van der Waals surface area (Å²) in [6.45, 7) is 6.66. The van der Waals surface area contributed by atoms with E-state index in [2.05, 4.69) is 4.72 Å². The first-order valence-electron chi connectivity index (χ1n) is 6.62. The standard InChI is InChI=1S/C13H22N2O3S/c1-4-5-15-8-11(6-10(15)9-16)19(17,18)14-12-7-13(12,2)3/h6,8,12,14,16H,4-5,7,9H2,1-3H3. The summed E-state index contributed by atoms with van der Waals surface area (Å²) in [7, 11) is -3.48. The predicted octanol–water partition coefficient (Wildman–Crippen LogP) is 1.47. The van der Waals surface area contributed by atoms with Crippen molar-refractivity contribution in [3.8, 4) is 0 Å². The Labute approximate surface area is 114 Å². The summed E-state index contributed by atoms with van der Waals surface area (Å²) in [5.41, 5.74) is 0.691. The fourth-order valence-corrected chi connectivity index (χ4v) is 3.65. The second-order valence-corrected chi connectivity index (χ2v) is 7.60. The van der Waals surface area contributed by atoms with Crippen LogP contribution in [-0.4, -0.2) is 24.1 Å². The number of hydrogen-bond donors (Lipinski definition) is 2. The molecule has 0 aliphatic heterocycles. The van der Waals surface area contributed by atoms with Crippen LogP contribution >= 0.6 is 0 Å². The van der Waals surface area contributed by atoms with Gasteiger partial charge >= 0.3 is 0 Å². The number of nitrogens with one attached hydrogen (secondary N) is 1. The van der Waals surface area contributed by atoms with Gasteiger partial charge in [-0.3, -0.25) is 0 Å². The Morgan fingerprint density at radius 3 is 2.63 bits per heavy atom. The maximum atomic E-state index is 12.3. The van der Waals surface area contributed by atoms with Gasteiger partial charge in [-0.1, -0.05) is 20.8 Å². The van der Waals surface area contributed by atoms with Crippen LogP contribution in [0.1, 0.15) is 39.3 Å². The van der Waals surface area contributed by atoms with Gasteiger partial charge in [-0.15, -0.1) is 0 Å². The molecule has 1 aliphatic rings. The molecule has 1 fully saturated rings. The summed E-state index contributed by atoms with van der Waals surface area (Å²) in [6.07, 6.45) is 3.37. The zero-order valence-electron chi connectivity index (χ0n) is 11.7. The van der Waals surface area contributed by atoms with Crippen molar-refractivity contribution in [3.63, 3.8) is 0 Å². The lowest BCUT2D eigenvalue weighted by molar-refractivity contribution is 0.270. The smallest absolute Gasteiger partial charge is 0.242 e. The van der Waals surface area contributed by atoms with Gasteiger partial charge < -0.3 is 9.67 Å². The van der Waals surface area contributed by atoms with Crippen LogP contribution in [0.3, 0.4) is 0 Å². The molecule has 1 saturated carbocycles. The minimum absolute atomic E-state index is 0.0181. The van der Waals surface area contributed by atoms with Gasteiger partial charge in [0.1, 0.15) is 0 Å². The molecule has 0 bridgehead atoms. The van der Waals surface area contributed by atoms with Crippen molar-refractivity contribution in [2.24, 2.45) is 5.41 Å². The number of aromatic nitrogens is 1. The zero-order valence-corrected chi connectivity index (χ0v) is 12.5. The van der Waals surface area contributed by atoms with Crippen LogP contribution in [0.25, 0.3) is 0 Å². The highest BCUT2D eigenvalue weighted by atomic mass is 32.2. The van der Waals surface area contributed by atoms with Gasteiger partial charge in [-0.2, -0.15) is 0 Å². The Kier molecular flexibility index (Phi) is 3.77. The SMILES string of the molecule is CCCn1cc(S(=O)(=O)NC2CC2(C)C)cc1CO. The van der Waals surface area contributed by atoms with Gasteiger partial charge in [0.25, 0.3) is 0 Å². The van der Waals surface area contributed by atoms with E-state index in [1.807, 2.05) is 20.8 Å². The molecule has 0 spiro atoms. The van der Waals surface area contributed by atoms with Gasteiger partial charge in [-0.05, 0) is 24.3 Å². The molecule has 0 amide bonds. The minimum atomic E-state index is -3.48. The largest absolute Gasteiger partial charge is 0.390 e. The lowest BCUT2D eigenvalue weighted by atomic mass is 10.2. The van der Waals surface area contributed by atoms with Crippen LogP contribution in [0.4, 0.5) is 0 Å². The third-order valence-electron chi connectivity index (χ3n) is 3.71. The maximum Gasteiger partial charge on any atom is 0.242 e. The lowest BCUT2D eigenvalue weighted by Crippen LogP contribution is -2.28. The first kappa shape index (κ1) is 14.6. The van der Waals surface area contributed by atoms with E-state index in [-0.39, 0.29) is 23.0 Å². The molecule has 6 heteroatoms. The van der Waals surface area contributed by atoms with Gasteiger partial charge in [0.05, 0.1) is 11.5 Å². The highest BCUT2D eigenvalue weighted by Crippen LogP contribution is 2.45. The average molecular weight is 286 g/mol. The summed E-state index contributed by atoms with van der Waals surface area (Å²) >= 11 is 0. The molecule has 1 aliphatic carbocycles. The van der Waals surface area contributed by atoms with Crippen molar-refractivity contribution in [2.45, 2.75) is 57.7 Å². The highest BCUT2D eigenvalue weighted by Gasteiger charge is 2.48. The van der Waals surface area contributed by atoms with E-state index in [4.69, 9.17) is 0 Å². The summed E-state index contributed by atoms with van der Waals surface area (Å²) < 4.78 is 29.0. The topological polar surface area (TPSA) is 71.3 Å². The molecule has 1 heterocycles. The third kappa shape index (κ3) is 3.01. The average Bonchev–Trinajstić information content (AvgIpc) is 2.75. The molecular weight excluding hydrogens is 264 g/mol. The molecule has 1 unspecified atom stereocenters. The third-order valence-corrected chi connectivity index (χ3v) is 5.15. The van der Waals surface area contributed by atoms with Crippen LogP contribution in [-0.2, 0) is 23.2 Å². The molecule has 1 atom stereocenters. The van der Waals surface area contributed by atoms with Crippen molar-refractivity contribution in [1.29, 1.82) is 0 Å². The molecule has 0 radical (unpaired) electrons. The lowest BCUT2D eigenvalue weighted by Gasteiger charge is -2.06. The number of aryl methyl sites for hydroxylation is 1. The van der Waals surface area contributed by atoms with Crippen LogP contribution in [0.2, 0.25) is 0 Å². The Balaban J connectivity index is 2.21. The van der Waals surface area contributed by atoms with E-state index in [9.17, 15) is 13.5 Å². The number of aliphatic hydroxyl groups is 1. The van der Waals surface area contributed by atoms with Crippen LogP contribution in [0.5, 0.6) is 0 Å². The summed E-state index contributed by atoms with van der Waals surface area (Å²) in [4.78, 5) is 0.243. The second-order valence-electron chi connectivity index (χ2n) is 5.89. The van der Waals surface area contributed by atoms with Crippen LogP contribution in [0, 0.1) is 5.41 Å². The molecule has 108 valence electrons. The number of hydrogen-bond acceptors (Lipinski definition) is 3. The Morgan fingerprint density at radius 1 is 1.53 bits per heavy atom. The molecule has 1 aromatic heterocycles. The second kappa shape index (κ2) is 4.92. The van der Waals surface area contributed by atoms with Crippen molar-refractivity contribution in [1.82, 2.24) is 9.29 Å². The van der Waals surface area contributed by atoms with E-state index in [0.29, 0.717) is 12.2 Å². The molecule has 2 N–H and O–H groups in total. The normalized spacial score (nSPS) is 21.6. The summed E-state index contributed by atoms with van der Waals surface area (Å²) in [5.74, 6) is 0. The number of nitrogens with zero attached hydrogens (tertiary/aromatic N) is 1. The zero-order chi connectivity index (χ0) is 14.3. The maximum absolute atomic E-state index is 12.3. The van der Waals surface area contributed by atoms with Crippen molar-refractivity contribution >= 4 is 10.0 Å². The van der Waals surface area contributed by atoms with E-state index in [1.54, 1.807) is 16.8 Å². The monoisotopic (exact) mass is 286 g/mol. The Morgan fingerprint density at radius 2 is 2.16 bits per heavy atom. The van der Waals surface area contributed by atoms with E-state index in [1.165, 1.54) is 0 Å². The molecule has 1 aromatic rings. The fourth-order valence-electron chi connectivity index (χ4n) is 2.18. The first-order chi connectivity index (χ1) is 8.80. The number of sulfonamides is 1. The van der Waals surface area contributed by atoms with Crippen LogP contribution < -0.4 is 4.72 Å². The Bertz CT molecular complexity index is 560. The molecule has 5 nitrogen and oxygen atoms in total. The predicted molar refractivity (Wildman–Crippen MR) is 73.2 cm³/mol. The van der Waals surface area contributed by atoms with Gasteiger partial charge in [0, 0.05) is 24.5 Å². The van der Waals surface area contributed by atoms with Crippen molar-refractivity contribution < 1.29 is 13.5 Å². The highest BCUT2D eigenvalue weighted by molar-refractivity contribution is 7.89. The summed E-state index contributed by atoms with van der Waals surface area (Å²) in [6, 6.07) is 1.57. The number of aliphatic hydroxyl groups excluding tert-OH is 1. The van der Waals surface area contributed by atoms with Gasteiger partial charge in [0.15, 0.2) is 0 Å². The van der Waals surface area contributed by atoms with Gasteiger partial charge in [0.2, 0.25) is 10.0 Å². The minimum Gasteiger partial charge on any atom is -0.390 e. The quantitative estimate of drug-likeness (QED) is 0.832. The molecule has 19 heavy (non-hydrogen) atoms. The van der Waals surface area contributed by atoms with E-state index in [0.717, 1.165) is 12.8 Å². The first-order valence-corrected chi connectivity index (χ1v) is 8.10. The van der Waals surface area contributed by atoms with Gasteiger partial charge in [-0.25, -0.2) is 13.1 Å². The van der Waals surface area contributed by atoms with E-state index >= 15 is 0 Å². The van der Waals surface area contributed by atoms with Crippen LogP contribution in [0.15, 0.2) is 17.2 Å². The molecular formula is C13H22N2O3S. The number of rotatable bonds is 6. The van der Waals surface area contributed by atoms with Crippen molar-refractivity contribution in [3.05, 3.63) is 18.0 Å². The molecule has 0 saturated heterocycles. The molecule has 2 rings (SSSR count). The Hall–Kier alpha value is -0.850. The van der Waals surface area contributed by atoms with E-state index < -0.39 is 10.0 Å².